The summed E-state index contributed by atoms with van der Waals surface area (Å²) in [5.41, 5.74) is 6.74. The fourth-order valence-electron chi connectivity index (χ4n) is 2.78. The van der Waals surface area contributed by atoms with Crippen LogP contribution in [0.5, 0.6) is 0 Å². The first kappa shape index (κ1) is 20.0. The molecule has 1 amide bonds. The molecule has 0 aliphatic rings. The fourth-order valence-corrected chi connectivity index (χ4v) is 2.78. The minimum Gasteiger partial charge on any atom is -0.443 e. The Labute approximate surface area is 154 Å². The van der Waals surface area contributed by atoms with Crippen LogP contribution in [0.1, 0.15) is 46.6 Å². The number of hydrogen-bond donors (Lipinski definition) is 2. The van der Waals surface area contributed by atoms with Crippen molar-refractivity contribution in [3.05, 3.63) is 36.0 Å². The fraction of sp³-hybridized carbons (Fsp3) is 0.500. The van der Waals surface area contributed by atoms with Gasteiger partial charge >= 0.3 is 6.09 Å². The molecular formula is C20H29N3O3. The molecule has 0 aliphatic carbocycles. The Kier molecular flexibility index (Phi) is 6.08. The van der Waals surface area contributed by atoms with Gasteiger partial charge in [0.15, 0.2) is 0 Å². The van der Waals surface area contributed by atoms with Gasteiger partial charge in [0.2, 0.25) is 5.91 Å². The van der Waals surface area contributed by atoms with Gasteiger partial charge in [0.05, 0.1) is 11.6 Å². The van der Waals surface area contributed by atoms with E-state index in [1.165, 1.54) is 4.57 Å². The van der Waals surface area contributed by atoms with Crippen LogP contribution in [0.2, 0.25) is 0 Å². The number of nitrogens with zero attached hydrogens (tertiary/aromatic N) is 1. The van der Waals surface area contributed by atoms with Crippen molar-refractivity contribution in [2.45, 2.75) is 59.2 Å². The molecule has 0 bridgehead atoms. The smallest absolute Gasteiger partial charge is 0.418 e. The van der Waals surface area contributed by atoms with Crippen molar-refractivity contribution in [1.29, 1.82) is 0 Å². The van der Waals surface area contributed by atoms with Crippen LogP contribution in [-0.4, -0.2) is 28.2 Å². The minimum absolute atomic E-state index is 0.337. The lowest BCUT2D eigenvalue weighted by Crippen LogP contribution is -2.41. The van der Waals surface area contributed by atoms with Crippen molar-refractivity contribution in [3.63, 3.8) is 0 Å². The zero-order valence-electron chi connectivity index (χ0n) is 16.2. The summed E-state index contributed by atoms with van der Waals surface area (Å²) in [7, 11) is 0. The van der Waals surface area contributed by atoms with Crippen LogP contribution < -0.4 is 11.1 Å². The van der Waals surface area contributed by atoms with Gasteiger partial charge in [-0.1, -0.05) is 19.9 Å². The summed E-state index contributed by atoms with van der Waals surface area (Å²) < 4.78 is 6.93. The number of hydrogen-bond acceptors (Lipinski definition) is 4. The van der Waals surface area contributed by atoms with E-state index in [2.05, 4.69) is 19.2 Å². The normalized spacial score (nSPS) is 13.2. The summed E-state index contributed by atoms with van der Waals surface area (Å²) >= 11 is 0. The third kappa shape index (κ3) is 5.33. The highest BCUT2D eigenvalue weighted by Crippen LogP contribution is 2.20. The van der Waals surface area contributed by atoms with Gasteiger partial charge in [-0.05, 0) is 56.9 Å². The average Bonchev–Trinajstić information content (AvgIpc) is 2.92. The average molecular weight is 359 g/mol. The van der Waals surface area contributed by atoms with Crippen molar-refractivity contribution in [1.82, 2.24) is 9.88 Å². The number of nitrogens with one attached hydrogen (secondary N) is 1. The first-order valence-corrected chi connectivity index (χ1v) is 8.93. The minimum atomic E-state index is -0.544. The highest BCUT2D eigenvalue weighted by atomic mass is 16.6. The molecule has 1 atom stereocenters. The lowest BCUT2D eigenvalue weighted by Gasteiger charge is -2.20. The molecule has 0 radical (unpaired) electrons. The topological polar surface area (TPSA) is 86.3 Å². The summed E-state index contributed by atoms with van der Waals surface area (Å²) in [5.74, 6) is 0.0428. The van der Waals surface area contributed by atoms with Gasteiger partial charge in [0, 0.05) is 18.1 Å². The number of carbonyl (C=O) groups is 2. The predicted octanol–water partition coefficient (Wildman–Crippen LogP) is 3.41. The number of rotatable bonds is 6. The molecule has 1 aromatic carbocycles. The van der Waals surface area contributed by atoms with Gasteiger partial charge in [-0.3, -0.25) is 9.36 Å². The highest BCUT2D eigenvalue weighted by molar-refractivity contribution is 5.90. The summed E-state index contributed by atoms with van der Waals surface area (Å²) in [6, 6.07) is 7.35. The summed E-state index contributed by atoms with van der Waals surface area (Å²) in [5, 5.41) is 4.16. The largest absolute Gasteiger partial charge is 0.443 e. The van der Waals surface area contributed by atoms with E-state index in [4.69, 9.17) is 10.5 Å². The zero-order valence-corrected chi connectivity index (χ0v) is 16.2. The molecule has 6 heteroatoms. The van der Waals surface area contributed by atoms with E-state index in [0.29, 0.717) is 18.9 Å². The van der Waals surface area contributed by atoms with Crippen LogP contribution in [-0.2, 0) is 16.1 Å². The van der Waals surface area contributed by atoms with E-state index < -0.39 is 11.7 Å². The second-order valence-electron chi connectivity index (χ2n) is 8.02. The molecular weight excluding hydrogens is 330 g/mol. The van der Waals surface area contributed by atoms with Crippen molar-refractivity contribution in [2.75, 3.05) is 0 Å². The van der Waals surface area contributed by atoms with Gasteiger partial charge in [0.25, 0.3) is 0 Å². The second kappa shape index (κ2) is 7.91. The van der Waals surface area contributed by atoms with E-state index in [-0.39, 0.29) is 11.9 Å². The summed E-state index contributed by atoms with van der Waals surface area (Å²) in [6.07, 6.45) is 2.01. The Bertz CT molecular complexity index is 787. The van der Waals surface area contributed by atoms with E-state index in [1.807, 2.05) is 45.0 Å². The molecule has 0 saturated heterocycles. The van der Waals surface area contributed by atoms with Crippen LogP contribution in [0.4, 0.5) is 4.79 Å². The molecule has 142 valence electrons. The number of fused-ring (bicyclic) bond motifs is 1. The Morgan fingerprint density at radius 3 is 2.50 bits per heavy atom. The van der Waals surface area contributed by atoms with E-state index in [9.17, 15) is 9.59 Å². The van der Waals surface area contributed by atoms with E-state index in [1.54, 1.807) is 6.20 Å². The van der Waals surface area contributed by atoms with Crippen LogP contribution in [0.15, 0.2) is 30.5 Å². The van der Waals surface area contributed by atoms with Gasteiger partial charge in [-0.2, -0.15) is 0 Å². The Balaban J connectivity index is 2.13. The molecule has 0 spiro atoms. The third-order valence-corrected chi connectivity index (χ3v) is 3.95. The number of aromatic nitrogens is 1. The Hall–Kier alpha value is -2.34. The number of primary amides is 1. The van der Waals surface area contributed by atoms with Crippen LogP contribution in [0.3, 0.4) is 0 Å². The number of benzene rings is 1. The number of amides is 1. The molecule has 2 aromatic rings. The van der Waals surface area contributed by atoms with Crippen LogP contribution >= 0.6 is 0 Å². The third-order valence-electron chi connectivity index (χ3n) is 3.95. The summed E-state index contributed by atoms with van der Waals surface area (Å²) in [6.45, 7) is 10.2. The zero-order chi connectivity index (χ0) is 19.5. The maximum atomic E-state index is 12.3. The SMILES string of the molecule is CC(C)C[C@@H](NCc1ccc2c(ccn2C(=O)OC(C)(C)C)c1)C(N)=O. The Morgan fingerprint density at radius 1 is 1.23 bits per heavy atom. The van der Waals surface area contributed by atoms with Crippen LogP contribution in [0.25, 0.3) is 10.9 Å². The Morgan fingerprint density at radius 2 is 1.92 bits per heavy atom. The first-order chi connectivity index (χ1) is 12.1. The quantitative estimate of drug-likeness (QED) is 0.827. The van der Waals surface area contributed by atoms with E-state index >= 15 is 0 Å². The molecule has 26 heavy (non-hydrogen) atoms. The molecule has 1 heterocycles. The highest BCUT2D eigenvalue weighted by Gasteiger charge is 2.19. The second-order valence-corrected chi connectivity index (χ2v) is 8.02. The van der Waals surface area contributed by atoms with Gasteiger partial charge in [-0.25, -0.2) is 4.79 Å². The molecule has 3 N–H and O–H groups in total. The lowest BCUT2D eigenvalue weighted by atomic mass is 10.0. The van der Waals surface area contributed by atoms with Crippen molar-refractivity contribution >= 4 is 22.9 Å². The number of carbonyl (C=O) groups excluding carboxylic acids is 2. The molecule has 0 saturated carbocycles. The van der Waals surface area contributed by atoms with Crippen molar-refractivity contribution in [2.24, 2.45) is 11.7 Å². The monoisotopic (exact) mass is 359 g/mol. The lowest BCUT2D eigenvalue weighted by molar-refractivity contribution is -0.120. The standard InChI is InChI=1S/C20H29N3O3/c1-13(2)10-16(18(21)24)22-12-14-6-7-17-15(11-14)8-9-23(17)19(25)26-20(3,4)5/h6-9,11,13,16,22H,10,12H2,1-5H3,(H2,21,24)/t16-/m1/s1. The van der Waals surface area contributed by atoms with Crippen molar-refractivity contribution in [3.8, 4) is 0 Å². The molecule has 6 nitrogen and oxygen atoms in total. The predicted molar refractivity (Wildman–Crippen MR) is 103 cm³/mol. The maximum absolute atomic E-state index is 12.3. The summed E-state index contributed by atoms with van der Waals surface area (Å²) in [4.78, 5) is 23.9. The molecule has 2 rings (SSSR count). The number of ether oxygens (including phenoxy) is 1. The van der Waals surface area contributed by atoms with Gasteiger partial charge in [-0.15, -0.1) is 0 Å². The molecule has 1 aromatic heterocycles. The maximum Gasteiger partial charge on any atom is 0.418 e. The molecule has 0 aliphatic heterocycles. The van der Waals surface area contributed by atoms with Crippen LogP contribution in [0, 0.1) is 5.92 Å². The first-order valence-electron chi connectivity index (χ1n) is 8.93. The van der Waals surface area contributed by atoms with Gasteiger partial charge in [0.1, 0.15) is 5.60 Å². The molecule has 0 unspecified atom stereocenters. The van der Waals surface area contributed by atoms with Gasteiger partial charge < -0.3 is 15.8 Å². The number of nitrogens with two attached hydrogens (primary N) is 1. The van der Waals surface area contributed by atoms with E-state index in [0.717, 1.165) is 16.5 Å². The molecule has 0 fully saturated rings. The van der Waals surface area contributed by atoms with Crippen molar-refractivity contribution < 1.29 is 14.3 Å².